The van der Waals surface area contributed by atoms with Crippen molar-refractivity contribution in [3.63, 3.8) is 0 Å². The predicted octanol–water partition coefficient (Wildman–Crippen LogP) is 5.70. The van der Waals surface area contributed by atoms with Crippen molar-refractivity contribution >= 4 is 34.7 Å². The number of furan rings is 1. The van der Waals surface area contributed by atoms with E-state index in [1.165, 1.54) is 0 Å². The van der Waals surface area contributed by atoms with E-state index in [9.17, 15) is 4.79 Å². The van der Waals surface area contributed by atoms with Gasteiger partial charge in [0.2, 0.25) is 0 Å². The Kier molecular flexibility index (Phi) is 5.27. The molecule has 5 aromatic rings. The van der Waals surface area contributed by atoms with E-state index in [2.05, 4.69) is 15.6 Å². The monoisotopic (exact) mass is 440 g/mol. The van der Waals surface area contributed by atoms with Gasteiger partial charge < -0.3 is 4.42 Å². The van der Waals surface area contributed by atoms with Gasteiger partial charge in [0.05, 0.1) is 11.9 Å². The van der Waals surface area contributed by atoms with Gasteiger partial charge in [0.25, 0.3) is 5.91 Å². The number of nitrogens with one attached hydrogen (secondary N) is 1. The summed E-state index contributed by atoms with van der Waals surface area (Å²) in [5.41, 5.74) is 5.78. The molecule has 32 heavy (non-hydrogen) atoms. The third-order valence-corrected chi connectivity index (χ3v) is 5.12. The van der Waals surface area contributed by atoms with Crippen LogP contribution in [0.2, 0.25) is 5.02 Å². The van der Waals surface area contributed by atoms with Gasteiger partial charge in [-0.3, -0.25) is 4.79 Å². The molecule has 1 amide bonds. The molecule has 2 heterocycles. The highest BCUT2D eigenvalue weighted by atomic mass is 35.5. The van der Waals surface area contributed by atoms with Crippen LogP contribution in [0.15, 0.2) is 101 Å². The lowest BCUT2D eigenvalue weighted by atomic mass is 10.2. The number of benzene rings is 3. The molecular weight excluding hydrogens is 424 g/mol. The van der Waals surface area contributed by atoms with Crippen molar-refractivity contribution < 1.29 is 9.21 Å². The molecule has 0 unspecified atom stereocenters. The summed E-state index contributed by atoms with van der Waals surface area (Å²) in [7, 11) is 0. The maximum absolute atomic E-state index is 13.0. The lowest BCUT2D eigenvalue weighted by Crippen LogP contribution is -2.21. The van der Waals surface area contributed by atoms with Crippen LogP contribution >= 0.6 is 11.6 Å². The van der Waals surface area contributed by atoms with E-state index in [1.54, 1.807) is 29.1 Å². The standard InChI is InChI=1S/C25H17ClN4O2/c26-19-12-10-17(11-13-19)16-27-28-25(31)22-15-21(29-30(22)20-7-2-1-3-8-20)24-14-18-6-4-5-9-23(18)32-24/h1-16H,(H,28,31)/b27-16+. The highest BCUT2D eigenvalue weighted by Crippen LogP contribution is 2.28. The maximum Gasteiger partial charge on any atom is 0.290 e. The summed E-state index contributed by atoms with van der Waals surface area (Å²) in [6, 6.07) is 27.9. The van der Waals surface area contributed by atoms with E-state index >= 15 is 0 Å². The molecule has 0 bridgehead atoms. The summed E-state index contributed by atoms with van der Waals surface area (Å²) in [5, 5.41) is 10.3. The number of halogens is 1. The summed E-state index contributed by atoms with van der Waals surface area (Å²) >= 11 is 5.90. The largest absolute Gasteiger partial charge is 0.454 e. The maximum atomic E-state index is 13.0. The summed E-state index contributed by atoms with van der Waals surface area (Å²) in [4.78, 5) is 13.0. The number of fused-ring (bicyclic) bond motifs is 1. The Balaban J connectivity index is 1.48. The molecular formula is C25H17ClN4O2. The zero-order valence-corrected chi connectivity index (χ0v) is 17.5. The van der Waals surface area contributed by atoms with Gasteiger partial charge in [0, 0.05) is 16.5 Å². The Morgan fingerprint density at radius 1 is 0.969 bits per heavy atom. The van der Waals surface area contributed by atoms with Crippen LogP contribution in [0.3, 0.4) is 0 Å². The summed E-state index contributed by atoms with van der Waals surface area (Å²) in [6.07, 6.45) is 1.55. The number of carbonyl (C=O) groups is 1. The van der Waals surface area contributed by atoms with Crippen molar-refractivity contribution in [2.45, 2.75) is 0 Å². The first-order chi connectivity index (χ1) is 15.7. The van der Waals surface area contributed by atoms with E-state index in [0.29, 0.717) is 22.2 Å². The average Bonchev–Trinajstić information content (AvgIpc) is 3.45. The Morgan fingerprint density at radius 3 is 2.50 bits per heavy atom. The normalized spacial score (nSPS) is 11.3. The number of hydrogen-bond donors (Lipinski definition) is 1. The Labute approximate surface area is 188 Å². The molecule has 0 fully saturated rings. The SMILES string of the molecule is O=C(N/N=C/c1ccc(Cl)cc1)c1cc(-c2cc3ccccc3o2)nn1-c1ccccc1. The van der Waals surface area contributed by atoms with Crippen LogP contribution in [0.1, 0.15) is 16.1 Å². The highest BCUT2D eigenvalue weighted by Gasteiger charge is 2.19. The first kappa shape index (κ1) is 19.8. The van der Waals surface area contributed by atoms with E-state index in [1.807, 2.05) is 72.8 Å². The van der Waals surface area contributed by atoms with Gasteiger partial charge in [-0.15, -0.1) is 0 Å². The van der Waals surface area contributed by atoms with Gasteiger partial charge in [-0.05, 0) is 42.0 Å². The number of amides is 1. The van der Waals surface area contributed by atoms with Gasteiger partial charge in [-0.25, -0.2) is 10.1 Å². The molecule has 0 atom stereocenters. The lowest BCUT2D eigenvalue weighted by Gasteiger charge is -2.05. The van der Waals surface area contributed by atoms with Gasteiger partial charge >= 0.3 is 0 Å². The first-order valence-electron chi connectivity index (χ1n) is 9.91. The first-order valence-corrected chi connectivity index (χ1v) is 10.3. The predicted molar refractivity (Wildman–Crippen MR) is 125 cm³/mol. The van der Waals surface area contributed by atoms with Crippen LogP contribution in [-0.2, 0) is 0 Å². The summed E-state index contributed by atoms with van der Waals surface area (Å²) < 4.78 is 7.52. The molecule has 0 aliphatic carbocycles. The molecule has 0 saturated heterocycles. The van der Waals surface area contributed by atoms with Crippen molar-refractivity contribution in [3.05, 3.63) is 107 Å². The second-order valence-electron chi connectivity index (χ2n) is 7.06. The molecule has 7 heteroatoms. The van der Waals surface area contributed by atoms with Crippen molar-refractivity contribution in [3.8, 4) is 17.1 Å². The summed E-state index contributed by atoms with van der Waals surface area (Å²) in [5.74, 6) is 0.188. The number of hydrogen-bond acceptors (Lipinski definition) is 4. The van der Waals surface area contributed by atoms with Gasteiger partial charge in [-0.2, -0.15) is 10.2 Å². The van der Waals surface area contributed by atoms with Crippen LogP contribution in [0.5, 0.6) is 0 Å². The average molecular weight is 441 g/mol. The van der Waals surface area contributed by atoms with E-state index in [4.69, 9.17) is 16.0 Å². The highest BCUT2D eigenvalue weighted by molar-refractivity contribution is 6.30. The number of para-hydroxylation sites is 2. The molecule has 2 aromatic heterocycles. The lowest BCUT2D eigenvalue weighted by molar-refractivity contribution is 0.0947. The number of hydrazone groups is 1. The van der Waals surface area contributed by atoms with Crippen LogP contribution in [-0.4, -0.2) is 21.9 Å². The van der Waals surface area contributed by atoms with Crippen LogP contribution in [0, 0.1) is 0 Å². The zero-order chi connectivity index (χ0) is 21.9. The molecule has 156 valence electrons. The van der Waals surface area contributed by atoms with Crippen molar-refractivity contribution in [2.75, 3.05) is 0 Å². The van der Waals surface area contributed by atoms with E-state index in [0.717, 1.165) is 22.2 Å². The molecule has 0 aliphatic heterocycles. The number of nitrogens with zero attached hydrogens (tertiary/aromatic N) is 3. The van der Waals surface area contributed by atoms with Crippen molar-refractivity contribution in [1.29, 1.82) is 0 Å². The Hall–Kier alpha value is -4.16. The van der Waals surface area contributed by atoms with Crippen LogP contribution < -0.4 is 5.43 Å². The number of rotatable bonds is 5. The van der Waals surface area contributed by atoms with Crippen LogP contribution in [0.4, 0.5) is 0 Å². The molecule has 1 N–H and O–H groups in total. The smallest absolute Gasteiger partial charge is 0.290 e. The Bertz CT molecular complexity index is 1390. The quantitative estimate of drug-likeness (QED) is 0.281. The van der Waals surface area contributed by atoms with Gasteiger partial charge in [0.1, 0.15) is 17.0 Å². The van der Waals surface area contributed by atoms with Crippen LogP contribution in [0.25, 0.3) is 28.1 Å². The molecule has 6 nitrogen and oxygen atoms in total. The molecule has 0 aliphatic rings. The number of aromatic nitrogens is 2. The van der Waals surface area contributed by atoms with Crippen molar-refractivity contribution in [2.24, 2.45) is 5.10 Å². The fraction of sp³-hybridized carbons (Fsp3) is 0. The van der Waals surface area contributed by atoms with Crippen molar-refractivity contribution in [1.82, 2.24) is 15.2 Å². The van der Waals surface area contributed by atoms with Gasteiger partial charge in [0.15, 0.2) is 5.76 Å². The third-order valence-electron chi connectivity index (χ3n) is 4.87. The minimum atomic E-state index is -0.395. The minimum Gasteiger partial charge on any atom is -0.454 e. The number of carbonyl (C=O) groups excluding carboxylic acids is 1. The second-order valence-corrected chi connectivity index (χ2v) is 7.50. The van der Waals surface area contributed by atoms with E-state index in [-0.39, 0.29) is 0 Å². The third kappa shape index (κ3) is 4.04. The topological polar surface area (TPSA) is 72.4 Å². The Morgan fingerprint density at radius 2 is 1.72 bits per heavy atom. The molecule has 5 rings (SSSR count). The fourth-order valence-electron chi connectivity index (χ4n) is 3.31. The second kappa shape index (κ2) is 8.53. The van der Waals surface area contributed by atoms with Gasteiger partial charge in [-0.1, -0.05) is 60.1 Å². The molecule has 0 radical (unpaired) electrons. The molecule has 0 saturated carbocycles. The zero-order valence-electron chi connectivity index (χ0n) is 16.8. The minimum absolute atomic E-state index is 0.333. The molecule has 3 aromatic carbocycles. The summed E-state index contributed by atoms with van der Waals surface area (Å²) in [6.45, 7) is 0. The van der Waals surface area contributed by atoms with E-state index < -0.39 is 5.91 Å². The molecule has 0 spiro atoms. The fourth-order valence-corrected chi connectivity index (χ4v) is 3.43.